The zero-order chi connectivity index (χ0) is 77.3. The normalized spacial score (nSPS) is 12.2. The number of carbonyl (C=O) groups is 6. The molecule has 0 fully saturated rings. The topological polar surface area (TPSA) is 429 Å². The van der Waals surface area contributed by atoms with Gasteiger partial charge in [0.1, 0.15) is 40.3 Å². The highest BCUT2D eigenvalue weighted by atomic mass is 32.2. The Morgan fingerprint density at radius 2 is 1.00 bits per heavy atom. The van der Waals surface area contributed by atoms with Gasteiger partial charge in [-0.1, -0.05) is 63.1 Å². The molecule has 8 aromatic rings. The lowest BCUT2D eigenvalue weighted by atomic mass is 10.0. The number of aryl methyl sites for hydroxylation is 4. The summed E-state index contributed by atoms with van der Waals surface area (Å²) in [5, 5.41) is 26.3. The fourth-order valence-electron chi connectivity index (χ4n) is 10.6. The fourth-order valence-corrected chi connectivity index (χ4v) is 12.0. The van der Waals surface area contributed by atoms with E-state index >= 15 is 0 Å². The predicted molar refractivity (Wildman–Crippen MR) is 366 cm³/mol. The number of carbonyl (C=O) groups excluding carboxylic acids is 5. The third-order valence-electron chi connectivity index (χ3n) is 15.7. The van der Waals surface area contributed by atoms with Crippen LogP contribution in [0.1, 0.15) is 109 Å². The van der Waals surface area contributed by atoms with Crippen LogP contribution in [-0.2, 0) is 84.4 Å². The molecule has 0 bridgehead atoms. The predicted octanol–water partition coefficient (Wildman–Crippen LogP) is 8.44. The fraction of sp³-hybridized carbons (Fsp3) is 0.433. The number of benzene rings is 4. The Morgan fingerprint density at radius 3 is 1.47 bits per heavy atom. The van der Waals surface area contributed by atoms with Crippen molar-refractivity contribution >= 4 is 111 Å². The van der Waals surface area contributed by atoms with E-state index in [0.717, 1.165) is 83.0 Å². The number of halogens is 8. The number of carboxylic acids is 1. The number of rotatable bonds is 38. The van der Waals surface area contributed by atoms with E-state index in [0.29, 0.717) is 61.4 Å². The Morgan fingerprint density at radius 1 is 0.562 bits per heavy atom. The number of pyridine rings is 2. The van der Waals surface area contributed by atoms with Crippen molar-refractivity contribution in [3.8, 4) is 11.5 Å². The third-order valence-corrected chi connectivity index (χ3v) is 17.3. The van der Waals surface area contributed by atoms with Gasteiger partial charge in [-0.25, -0.2) is 37.5 Å². The summed E-state index contributed by atoms with van der Waals surface area (Å²) in [4.78, 5) is 91.3. The van der Waals surface area contributed by atoms with Crippen LogP contribution in [0.5, 0.6) is 11.5 Å². The van der Waals surface area contributed by atoms with Crippen LogP contribution in [0.2, 0.25) is 0 Å². The van der Waals surface area contributed by atoms with Crippen molar-refractivity contribution in [3.63, 3.8) is 0 Å². The first-order valence-corrected chi connectivity index (χ1v) is 36.2. The van der Waals surface area contributed by atoms with Gasteiger partial charge in [-0.05, 0) is 50.7 Å². The number of phenolic OH excluding ortho intramolecular Hbond substituents is 1. The van der Waals surface area contributed by atoms with Gasteiger partial charge in [-0.3, -0.25) is 37.9 Å². The van der Waals surface area contributed by atoms with Gasteiger partial charge in [0, 0.05) is 81.2 Å². The average molecular weight is 1530 g/mol. The molecule has 0 unspecified atom stereocenters. The molecule has 105 heavy (non-hydrogen) atoms. The summed E-state index contributed by atoms with van der Waals surface area (Å²) in [6.07, 6.45) is 5.92. The number of esters is 1. The average Bonchev–Trinajstić information content (AvgIpc) is 1.63. The molecule has 0 saturated carbocycles. The van der Waals surface area contributed by atoms with Crippen molar-refractivity contribution in [1.82, 2.24) is 45.0 Å². The summed E-state index contributed by atoms with van der Waals surface area (Å²) in [7, 11) is -9.20. The first-order valence-electron chi connectivity index (χ1n) is 33.0. The highest BCUT2D eigenvalue weighted by Crippen LogP contribution is 2.33. The number of ether oxygens (including phenoxy) is 3. The number of aromatic hydroxyl groups is 1. The molecule has 0 aliphatic carbocycles. The molecule has 38 heteroatoms. The number of nitrogens with one attached hydrogen (secondary N) is 3. The second kappa shape index (κ2) is 39.9. The Kier molecular flexibility index (Phi) is 32.0. The lowest BCUT2D eigenvalue weighted by Gasteiger charge is -2.17. The van der Waals surface area contributed by atoms with Crippen molar-refractivity contribution in [3.05, 3.63) is 119 Å². The molecule has 4 heterocycles. The molecule has 11 N–H and O–H groups in total. The van der Waals surface area contributed by atoms with Crippen LogP contribution in [0.25, 0.3) is 43.9 Å². The van der Waals surface area contributed by atoms with Gasteiger partial charge in [-0.2, -0.15) is 34.4 Å². The maximum Gasteiger partial charge on any atom is 0.313 e. The lowest BCUT2D eigenvalue weighted by Crippen LogP contribution is -2.50. The van der Waals surface area contributed by atoms with Gasteiger partial charge in [0.25, 0.3) is 20.2 Å². The van der Waals surface area contributed by atoms with E-state index in [1.807, 2.05) is 48.5 Å². The van der Waals surface area contributed by atoms with Crippen molar-refractivity contribution in [1.29, 1.82) is 0 Å². The third kappa shape index (κ3) is 25.2. The second-order valence-electron chi connectivity index (χ2n) is 23.7. The largest absolute Gasteiger partial charge is 0.503 e. The van der Waals surface area contributed by atoms with E-state index in [2.05, 4.69) is 53.6 Å². The van der Waals surface area contributed by atoms with Crippen LogP contribution in [0.15, 0.2) is 60.7 Å². The summed E-state index contributed by atoms with van der Waals surface area (Å²) in [6, 6.07) is 13.7. The standard InChI is InChI=1S/C33H38F4N6O8S.C28H39N5O8S.C6H2F4O/c1-2-3-10-24-42-29-30(19-8-4-5-9-22(19)41-32(29)38)43(24)14-7-6-13-39-33(46)23(18-52(47,48)49)40-25(44)11-15-50-16-12-26(45)51-31-27(36)20(34)17-21(35)28(31)37;1-2-3-10-23-32-25-26(21-8-4-5-9-22(21)31-27(25)29)33(23)14-7-6-13-30-28(37)19(18-42(38,39)40)17-20(34)11-15-41-16-12-24(35)36;7-2-1-3(8)5(10)6(11)4(2)9/h4-5,8-9,17,23H,2-3,6-7,10-16,18H2,1H3,(H2,38,41)(H,39,46)(H,40,44)(H,47,48,49);4-5,8-9,19H,2-3,6-7,10-18H2,1H3,(H2,29,31)(H,30,37)(H,35,36)(H,38,39,40);1,11H/t23-;19-;/m00./s1. The van der Waals surface area contributed by atoms with Crippen molar-refractivity contribution in [2.24, 2.45) is 5.92 Å². The number of nitrogens with zero attached hydrogens (tertiary/aromatic N) is 6. The maximum atomic E-state index is 13.7. The van der Waals surface area contributed by atoms with Gasteiger partial charge in [0.15, 0.2) is 40.7 Å². The zero-order valence-electron chi connectivity index (χ0n) is 56.9. The van der Waals surface area contributed by atoms with Gasteiger partial charge in [0.2, 0.25) is 46.7 Å². The molecule has 0 spiro atoms. The van der Waals surface area contributed by atoms with E-state index in [9.17, 15) is 89.8 Å². The highest BCUT2D eigenvalue weighted by Gasteiger charge is 2.30. The summed E-state index contributed by atoms with van der Waals surface area (Å²) >= 11 is 0. The minimum atomic E-state index is -4.69. The van der Waals surface area contributed by atoms with E-state index in [4.69, 9.17) is 41.1 Å². The molecular formula is C67H79F8N11O17S2. The SMILES string of the molecule is CCCCc1nc2c(N)nc3ccccc3c2n1CCCCNC(=O)[C@@H](CC(=O)CCOCCC(=O)O)CS(=O)(=O)O.CCCCc1nc2c(N)nc3ccccc3c2n1CCCCNC(=O)[C@H](CS(=O)(=O)O)NC(=O)CCOCCC(=O)Oc1c(F)c(F)cc(F)c1F.Oc1c(F)c(F)cc(F)c1F. The molecule has 3 amide bonds. The first-order chi connectivity index (χ1) is 49.7. The van der Waals surface area contributed by atoms with Crippen LogP contribution >= 0.6 is 0 Å². The molecule has 572 valence electrons. The number of phenols is 1. The second-order valence-corrected chi connectivity index (χ2v) is 26.7. The zero-order valence-corrected chi connectivity index (χ0v) is 58.5. The first kappa shape index (κ1) is 84.2. The van der Waals surface area contributed by atoms with Crippen molar-refractivity contribution in [2.75, 3.05) is 62.5 Å². The number of anilines is 2. The summed E-state index contributed by atoms with van der Waals surface area (Å²) in [5.74, 6) is -23.2. The number of fused-ring (bicyclic) bond motifs is 6. The Balaban J connectivity index is 0.000000291. The molecule has 0 radical (unpaired) electrons. The maximum absolute atomic E-state index is 13.7. The number of nitrogens with two attached hydrogens (primary N) is 2. The van der Waals surface area contributed by atoms with Crippen molar-refractivity contribution < 1.29 is 114 Å². The minimum absolute atomic E-state index is 0.0182. The quantitative estimate of drug-likeness (QED) is 0.00437. The Hall–Kier alpha value is -9.76. The number of unbranched alkanes of at least 4 members (excludes halogenated alkanes) is 4. The number of nitrogen functional groups attached to an aromatic ring is 2. The molecular weight excluding hydrogens is 1450 g/mol. The van der Waals surface area contributed by atoms with Crippen LogP contribution in [-0.4, -0.2) is 158 Å². The van der Waals surface area contributed by atoms with Crippen LogP contribution < -0.4 is 32.2 Å². The molecule has 4 aromatic carbocycles. The highest BCUT2D eigenvalue weighted by molar-refractivity contribution is 7.86. The summed E-state index contributed by atoms with van der Waals surface area (Å²) in [6.45, 7) is 4.82. The van der Waals surface area contributed by atoms with Crippen molar-refractivity contribution in [2.45, 2.75) is 129 Å². The molecule has 0 aliphatic rings. The van der Waals surface area contributed by atoms with E-state index in [1.54, 1.807) is 0 Å². The van der Waals surface area contributed by atoms with Gasteiger partial charge >= 0.3 is 11.9 Å². The van der Waals surface area contributed by atoms with Crippen LogP contribution in [0, 0.1) is 52.5 Å². The summed E-state index contributed by atoms with van der Waals surface area (Å²) < 4.78 is 186. The monoisotopic (exact) mass is 1530 g/mol. The van der Waals surface area contributed by atoms with Gasteiger partial charge < -0.3 is 61.0 Å². The molecule has 8 rings (SSSR count). The van der Waals surface area contributed by atoms with E-state index in [-0.39, 0.29) is 57.9 Å². The molecule has 0 aliphatic heterocycles. The van der Waals surface area contributed by atoms with E-state index in [1.165, 1.54) is 0 Å². The number of ketones is 1. The van der Waals surface area contributed by atoms with Gasteiger partial charge in [0.05, 0.1) is 73.0 Å². The number of amides is 3. The molecule has 28 nitrogen and oxygen atoms in total. The Bertz CT molecular complexity index is 4600. The smallest absolute Gasteiger partial charge is 0.313 e. The Labute approximate surface area is 596 Å². The number of aromatic nitrogens is 6. The number of Topliss-reactive ketones (excluding diaryl/α,β-unsaturated/α-hetero) is 1. The summed E-state index contributed by atoms with van der Waals surface area (Å²) in [5.41, 5.74) is 17.1. The minimum Gasteiger partial charge on any atom is -0.503 e. The van der Waals surface area contributed by atoms with Gasteiger partial charge in [-0.15, -0.1) is 0 Å². The number of hydrogen-bond donors (Lipinski definition) is 9. The van der Waals surface area contributed by atoms with E-state index < -0.39 is 163 Å². The number of hydrogen-bond acceptors (Lipinski definition) is 20. The lowest BCUT2D eigenvalue weighted by molar-refractivity contribution is -0.138. The molecule has 0 saturated heterocycles. The number of para-hydroxylation sites is 2. The number of carboxylic acid groups (broad SMARTS) is 1. The van der Waals surface area contributed by atoms with Crippen LogP contribution in [0.4, 0.5) is 46.8 Å². The number of imidazole rings is 2. The molecule has 2 atom stereocenters. The molecule has 4 aromatic heterocycles. The number of aliphatic carboxylic acids is 1. The van der Waals surface area contributed by atoms with Crippen LogP contribution in [0.3, 0.4) is 0 Å².